The van der Waals surface area contributed by atoms with Gasteiger partial charge in [0.2, 0.25) is 0 Å². The smallest absolute Gasteiger partial charge is 0.418 e. The third kappa shape index (κ3) is 4.80. The number of rotatable bonds is 4. The van der Waals surface area contributed by atoms with Crippen LogP contribution in [0.25, 0.3) is 22.3 Å². The summed E-state index contributed by atoms with van der Waals surface area (Å²) in [4.78, 5) is 0. The highest BCUT2D eigenvalue weighted by molar-refractivity contribution is 5.93. The van der Waals surface area contributed by atoms with Crippen LogP contribution in [0.15, 0.2) is 72.8 Å². The predicted molar refractivity (Wildman–Crippen MR) is 131 cm³/mol. The number of alkyl halides is 6. The minimum absolute atomic E-state index is 0.0267. The minimum atomic E-state index is -4.73. The number of para-hydroxylation sites is 2. The molecule has 37 heavy (non-hydrogen) atoms. The number of ether oxygens (including phenoxy) is 1. The molecule has 11 heteroatoms. The van der Waals surface area contributed by atoms with Gasteiger partial charge in [0.05, 0.1) is 22.5 Å². The summed E-state index contributed by atoms with van der Waals surface area (Å²) in [7, 11) is 0. The van der Waals surface area contributed by atoms with Crippen LogP contribution in [0.2, 0.25) is 0 Å². The fourth-order valence-electron chi connectivity index (χ4n) is 4.01. The van der Waals surface area contributed by atoms with Gasteiger partial charge in [0, 0.05) is 33.6 Å². The zero-order valence-electron chi connectivity index (χ0n) is 18.9. The van der Waals surface area contributed by atoms with Crippen LogP contribution < -0.4 is 27.7 Å². The Kier molecular flexibility index (Phi) is 6.32. The highest BCUT2D eigenvalue weighted by atomic mass is 19.4. The second kappa shape index (κ2) is 9.16. The second-order valence-electron chi connectivity index (χ2n) is 8.07. The van der Waals surface area contributed by atoms with Gasteiger partial charge < -0.3 is 27.7 Å². The lowest BCUT2D eigenvalue weighted by Gasteiger charge is -2.20. The summed E-state index contributed by atoms with van der Waals surface area (Å²) in [5, 5.41) is 0. The van der Waals surface area contributed by atoms with Crippen LogP contribution in [0.4, 0.5) is 49.1 Å². The number of hydrogen-bond donors (Lipinski definition) is 4. The van der Waals surface area contributed by atoms with E-state index in [0.29, 0.717) is 0 Å². The van der Waals surface area contributed by atoms with E-state index in [1.807, 2.05) is 0 Å². The van der Waals surface area contributed by atoms with Gasteiger partial charge in [-0.25, -0.2) is 0 Å². The Morgan fingerprint density at radius 2 is 0.838 bits per heavy atom. The summed E-state index contributed by atoms with van der Waals surface area (Å²) in [6.07, 6.45) is -9.46. The summed E-state index contributed by atoms with van der Waals surface area (Å²) in [5.74, 6) is 0.105. The predicted octanol–water partition coefficient (Wildman–Crippen LogP) is 7.18. The molecule has 0 unspecified atom stereocenters. The molecule has 4 rings (SSSR count). The highest BCUT2D eigenvalue weighted by Crippen LogP contribution is 2.48. The molecule has 192 valence electrons. The molecular weight excluding hydrogens is 498 g/mol. The largest absolute Gasteiger partial charge is 0.456 e. The van der Waals surface area contributed by atoms with Gasteiger partial charge in [0.15, 0.2) is 0 Å². The first-order valence-corrected chi connectivity index (χ1v) is 10.7. The summed E-state index contributed by atoms with van der Waals surface area (Å²) in [6, 6.07) is 15.8. The molecule has 0 aromatic heterocycles. The Hall–Kier alpha value is -4.54. The van der Waals surface area contributed by atoms with E-state index in [-0.39, 0.29) is 45.1 Å². The Morgan fingerprint density at radius 1 is 0.486 bits per heavy atom. The molecule has 5 nitrogen and oxygen atoms in total. The third-order valence-corrected chi connectivity index (χ3v) is 5.70. The number of nitrogens with two attached hydrogens (primary N) is 4. The molecule has 0 aliphatic rings. The first kappa shape index (κ1) is 25.5. The van der Waals surface area contributed by atoms with Crippen molar-refractivity contribution in [3.8, 4) is 33.8 Å². The van der Waals surface area contributed by atoms with E-state index in [0.717, 1.165) is 24.3 Å². The van der Waals surface area contributed by atoms with Crippen molar-refractivity contribution in [2.45, 2.75) is 12.4 Å². The van der Waals surface area contributed by atoms with E-state index in [1.54, 1.807) is 24.3 Å². The van der Waals surface area contributed by atoms with Crippen molar-refractivity contribution in [1.29, 1.82) is 0 Å². The van der Waals surface area contributed by atoms with Gasteiger partial charge in [-0.2, -0.15) is 26.3 Å². The van der Waals surface area contributed by atoms with Crippen LogP contribution in [0.5, 0.6) is 11.5 Å². The molecular formula is C26H20F6N4O. The Balaban J connectivity index is 1.88. The monoisotopic (exact) mass is 518 g/mol. The van der Waals surface area contributed by atoms with Crippen LogP contribution in [-0.4, -0.2) is 0 Å². The van der Waals surface area contributed by atoms with Crippen LogP contribution >= 0.6 is 0 Å². The lowest BCUT2D eigenvalue weighted by atomic mass is 9.96. The number of hydrogen-bond acceptors (Lipinski definition) is 5. The molecule has 8 N–H and O–H groups in total. The van der Waals surface area contributed by atoms with E-state index in [9.17, 15) is 26.3 Å². The average Bonchev–Trinajstić information content (AvgIpc) is 2.79. The highest BCUT2D eigenvalue weighted by Gasteiger charge is 2.36. The fraction of sp³-hybridized carbons (Fsp3) is 0.0769. The van der Waals surface area contributed by atoms with Gasteiger partial charge in [-0.3, -0.25) is 0 Å². The number of nitrogen functional groups attached to an aromatic ring is 4. The van der Waals surface area contributed by atoms with Crippen molar-refractivity contribution in [2.24, 2.45) is 0 Å². The Labute approximate surface area is 207 Å². The van der Waals surface area contributed by atoms with Crippen molar-refractivity contribution in [3.63, 3.8) is 0 Å². The maximum atomic E-state index is 13.5. The second-order valence-corrected chi connectivity index (χ2v) is 8.07. The zero-order chi connectivity index (χ0) is 27.1. The zero-order valence-corrected chi connectivity index (χ0v) is 18.9. The lowest BCUT2D eigenvalue weighted by Crippen LogP contribution is -2.11. The van der Waals surface area contributed by atoms with E-state index in [2.05, 4.69) is 0 Å². The molecule has 0 aliphatic carbocycles. The molecule has 0 saturated heterocycles. The van der Waals surface area contributed by atoms with Gasteiger partial charge in [-0.1, -0.05) is 36.4 Å². The SMILES string of the molecule is Nc1ccc(C(F)(F)F)c(N)c1-c1ccccc1Oc1ccccc1-c1c(N)ccc(C(F)(F)F)c1N. The van der Waals surface area contributed by atoms with Gasteiger partial charge in [0.25, 0.3) is 0 Å². The van der Waals surface area contributed by atoms with Gasteiger partial charge in [0.1, 0.15) is 11.5 Å². The van der Waals surface area contributed by atoms with E-state index in [1.165, 1.54) is 24.3 Å². The molecule has 0 bridgehead atoms. The van der Waals surface area contributed by atoms with Crippen LogP contribution in [-0.2, 0) is 12.4 Å². The maximum Gasteiger partial charge on any atom is 0.418 e. The van der Waals surface area contributed by atoms with Gasteiger partial charge in [-0.15, -0.1) is 0 Å². The fourth-order valence-corrected chi connectivity index (χ4v) is 4.01. The van der Waals surface area contributed by atoms with Crippen molar-refractivity contribution in [2.75, 3.05) is 22.9 Å². The standard InChI is InChI=1S/C26H20F6N4O/c27-25(28,29)15-9-11-17(33)21(23(15)35)13-5-1-3-7-19(13)37-20-8-4-2-6-14(20)22-18(34)12-10-16(24(22)36)26(30,31)32/h1-12H,33-36H2. The molecule has 0 saturated carbocycles. The molecule has 0 aliphatic heterocycles. The van der Waals surface area contributed by atoms with Crippen molar-refractivity contribution in [3.05, 3.63) is 83.9 Å². The molecule has 0 radical (unpaired) electrons. The summed E-state index contributed by atoms with van der Waals surface area (Å²) >= 11 is 0. The quantitative estimate of drug-likeness (QED) is 0.169. The summed E-state index contributed by atoms with van der Waals surface area (Å²) in [6.45, 7) is 0. The molecule has 0 spiro atoms. The molecule has 0 amide bonds. The van der Waals surface area contributed by atoms with Crippen molar-refractivity contribution in [1.82, 2.24) is 0 Å². The van der Waals surface area contributed by atoms with Gasteiger partial charge >= 0.3 is 12.4 Å². The topological polar surface area (TPSA) is 113 Å². The first-order chi connectivity index (χ1) is 17.3. The maximum absolute atomic E-state index is 13.5. The van der Waals surface area contributed by atoms with Crippen LogP contribution in [0, 0.1) is 0 Å². The Bertz CT molecular complexity index is 1370. The molecule has 4 aromatic carbocycles. The summed E-state index contributed by atoms with van der Waals surface area (Å²) in [5.41, 5.74) is 20.5. The van der Waals surface area contributed by atoms with E-state index < -0.39 is 34.9 Å². The lowest BCUT2D eigenvalue weighted by molar-refractivity contribution is -0.137. The molecule has 0 fully saturated rings. The molecule has 0 atom stereocenters. The first-order valence-electron chi connectivity index (χ1n) is 10.7. The Morgan fingerprint density at radius 3 is 1.19 bits per heavy atom. The van der Waals surface area contributed by atoms with Crippen LogP contribution in [0.1, 0.15) is 11.1 Å². The number of halogens is 6. The van der Waals surface area contributed by atoms with Crippen LogP contribution in [0.3, 0.4) is 0 Å². The van der Waals surface area contributed by atoms with Gasteiger partial charge in [-0.05, 0) is 36.4 Å². The van der Waals surface area contributed by atoms with E-state index >= 15 is 0 Å². The molecule has 4 aromatic rings. The number of anilines is 4. The normalized spacial score (nSPS) is 11.9. The van der Waals surface area contributed by atoms with Crippen molar-refractivity contribution >= 4 is 22.7 Å². The molecule has 0 heterocycles. The number of benzene rings is 4. The minimum Gasteiger partial charge on any atom is -0.456 e. The average molecular weight is 518 g/mol. The summed E-state index contributed by atoms with van der Waals surface area (Å²) < 4.78 is 87.0. The third-order valence-electron chi connectivity index (χ3n) is 5.70. The van der Waals surface area contributed by atoms with E-state index in [4.69, 9.17) is 27.7 Å². The van der Waals surface area contributed by atoms with Crippen molar-refractivity contribution < 1.29 is 31.1 Å².